The minimum absolute atomic E-state index is 0.0407. The molecule has 158 valence electrons. The van der Waals surface area contributed by atoms with Crippen molar-refractivity contribution in [2.75, 3.05) is 31.9 Å². The number of carbonyl (C=O) groups excluding carboxylic acids is 2. The zero-order valence-corrected chi connectivity index (χ0v) is 16.6. The van der Waals surface area contributed by atoms with Gasteiger partial charge in [0, 0.05) is 24.6 Å². The fraction of sp³-hybridized carbons (Fsp3) is 0.364. The molecule has 0 atom stereocenters. The predicted molar refractivity (Wildman–Crippen MR) is 109 cm³/mol. The van der Waals surface area contributed by atoms with Gasteiger partial charge in [0.1, 0.15) is 18.1 Å². The SMILES string of the molecule is O=C(CCCOc1ccc2c(c1)CCC(=O)N2)NCCOc1ccc2c(c1)OCO2. The Hall–Kier alpha value is -3.42. The number of nitrogens with one attached hydrogen (secondary N) is 2. The molecule has 2 N–H and O–H groups in total. The molecule has 2 aliphatic heterocycles. The van der Waals surface area contributed by atoms with E-state index in [0.717, 1.165) is 23.4 Å². The van der Waals surface area contributed by atoms with Crippen molar-refractivity contribution in [2.45, 2.75) is 25.7 Å². The first kappa shape index (κ1) is 19.9. The van der Waals surface area contributed by atoms with Crippen LogP contribution in [0.25, 0.3) is 0 Å². The zero-order chi connectivity index (χ0) is 20.8. The van der Waals surface area contributed by atoms with Gasteiger partial charge < -0.3 is 29.6 Å². The molecule has 2 aromatic rings. The average molecular weight is 412 g/mol. The van der Waals surface area contributed by atoms with E-state index in [-0.39, 0.29) is 18.6 Å². The average Bonchev–Trinajstić information content (AvgIpc) is 3.22. The molecular formula is C22H24N2O6. The van der Waals surface area contributed by atoms with E-state index in [1.54, 1.807) is 18.2 Å². The minimum Gasteiger partial charge on any atom is -0.494 e. The molecule has 0 fully saturated rings. The number of carbonyl (C=O) groups is 2. The molecule has 2 amide bonds. The van der Waals surface area contributed by atoms with Crippen LogP contribution in [0.3, 0.4) is 0 Å². The van der Waals surface area contributed by atoms with Crippen molar-refractivity contribution in [2.24, 2.45) is 0 Å². The molecule has 2 aliphatic rings. The topological polar surface area (TPSA) is 95.1 Å². The normalized spacial score (nSPS) is 13.9. The maximum Gasteiger partial charge on any atom is 0.231 e. The third-order valence-electron chi connectivity index (χ3n) is 4.83. The molecule has 4 rings (SSSR count). The molecule has 8 nitrogen and oxygen atoms in total. The molecular weight excluding hydrogens is 388 g/mol. The Morgan fingerprint density at radius 3 is 2.73 bits per heavy atom. The number of anilines is 1. The summed E-state index contributed by atoms with van der Waals surface area (Å²) in [5.41, 5.74) is 1.92. The second-order valence-electron chi connectivity index (χ2n) is 7.03. The zero-order valence-electron chi connectivity index (χ0n) is 16.6. The maximum atomic E-state index is 11.9. The third kappa shape index (κ3) is 5.14. The molecule has 30 heavy (non-hydrogen) atoms. The molecule has 0 bridgehead atoms. The molecule has 2 heterocycles. The lowest BCUT2D eigenvalue weighted by atomic mass is 10.0. The Morgan fingerprint density at radius 1 is 1.00 bits per heavy atom. The van der Waals surface area contributed by atoms with Gasteiger partial charge in [-0.15, -0.1) is 0 Å². The number of hydrogen-bond donors (Lipinski definition) is 2. The molecule has 2 aromatic carbocycles. The fourth-order valence-corrected chi connectivity index (χ4v) is 3.29. The summed E-state index contributed by atoms with van der Waals surface area (Å²) in [4.78, 5) is 23.3. The van der Waals surface area contributed by atoms with E-state index in [1.165, 1.54) is 0 Å². The van der Waals surface area contributed by atoms with Gasteiger partial charge in [-0.25, -0.2) is 0 Å². The lowest BCUT2D eigenvalue weighted by molar-refractivity contribution is -0.121. The second-order valence-corrected chi connectivity index (χ2v) is 7.03. The van der Waals surface area contributed by atoms with Crippen LogP contribution in [0.5, 0.6) is 23.0 Å². The van der Waals surface area contributed by atoms with E-state index in [9.17, 15) is 9.59 Å². The van der Waals surface area contributed by atoms with Gasteiger partial charge in [0.2, 0.25) is 18.6 Å². The van der Waals surface area contributed by atoms with Gasteiger partial charge in [-0.2, -0.15) is 0 Å². The highest BCUT2D eigenvalue weighted by Crippen LogP contribution is 2.35. The summed E-state index contributed by atoms with van der Waals surface area (Å²) in [5.74, 6) is 2.80. The van der Waals surface area contributed by atoms with E-state index in [2.05, 4.69) is 10.6 Å². The van der Waals surface area contributed by atoms with Crippen molar-refractivity contribution in [1.29, 1.82) is 0 Å². The van der Waals surface area contributed by atoms with E-state index in [0.29, 0.717) is 56.3 Å². The third-order valence-corrected chi connectivity index (χ3v) is 4.83. The van der Waals surface area contributed by atoms with E-state index in [1.807, 2.05) is 18.2 Å². The summed E-state index contributed by atoms with van der Waals surface area (Å²) >= 11 is 0. The molecule has 0 unspecified atom stereocenters. The quantitative estimate of drug-likeness (QED) is 0.615. The Kier molecular flexibility index (Phi) is 6.22. The van der Waals surface area contributed by atoms with Gasteiger partial charge in [0.25, 0.3) is 0 Å². The van der Waals surface area contributed by atoms with Crippen molar-refractivity contribution < 1.29 is 28.5 Å². The maximum absolute atomic E-state index is 11.9. The smallest absolute Gasteiger partial charge is 0.231 e. The van der Waals surface area contributed by atoms with Gasteiger partial charge in [-0.05, 0) is 48.7 Å². The van der Waals surface area contributed by atoms with E-state index >= 15 is 0 Å². The molecule has 0 saturated heterocycles. The van der Waals surface area contributed by atoms with E-state index < -0.39 is 0 Å². The van der Waals surface area contributed by atoms with Gasteiger partial charge in [0.15, 0.2) is 11.5 Å². The van der Waals surface area contributed by atoms with Gasteiger partial charge >= 0.3 is 0 Å². The van der Waals surface area contributed by atoms with Crippen molar-refractivity contribution in [1.82, 2.24) is 5.32 Å². The molecule has 0 spiro atoms. The van der Waals surface area contributed by atoms with Crippen molar-refractivity contribution in [3.05, 3.63) is 42.0 Å². The highest BCUT2D eigenvalue weighted by atomic mass is 16.7. The fourth-order valence-electron chi connectivity index (χ4n) is 3.29. The first-order valence-electron chi connectivity index (χ1n) is 10.0. The number of hydrogen-bond acceptors (Lipinski definition) is 6. The largest absolute Gasteiger partial charge is 0.494 e. The number of fused-ring (bicyclic) bond motifs is 2. The number of ether oxygens (including phenoxy) is 4. The molecule has 0 aromatic heterocycles. The molecule has 0 saturated carbocycles. The van der Waals surface area contributed by atoms with Crippen LogP contribution in [-0.4, -0.2) is 38.4 Å². The van der Waals surface area contributed by atoms with Crippen LogP contribution >= 0.6 is 0 Å². The summed E-state index contributed by atoms with van der Waals surface area (Å²) in [7, 11) is 0. The van der Waals surface area contributed by atoms with Crippen LogP contribution in [0.4, 0.5) is 5.69 Å². The second kappa shape index (κ2) is 9.39. The summed E-state index contributed by atoms with van der Waals surface area (Å²) in [5, 5.41) is 5.68. The number of benzene rings is 2. The standard InChI is InChI=1S/C22H24N2O6/c25-21(23-9-11-28-17-5-7-19-20(13-17)30-14-29-19)2-1-10-27-16-4-6-18-15(12-16)3-8-22(26)24-18/h4-7,12-13H,1-3,8-11,14H2,(H,23,25)(H,24,26). The number of amides is 2. The van der Waals surface area contributed by atoms with Gasteiger partial charge in [-0.1, -0.05) is 0 Å². The first-order chi connectivity index (χ1) is 14.7. The van der Waals surface area contributed by atoms with Crippen molar-refractivity contribution >= 4 is 17.5 Å². The molecule has 0 aliphatic carbocycles. The lowest BCUT2D eigenvalue weighted by Gasteiger charge is -2.17. The van der Waals surface area contributed by atoms with Gasteiger partial charge in [-0.3, -0.25) is 9.59 Å². The summed E-state index contributed by atoms with van der Waals surface area (Å²) in [6.45, 7) is 1.47. The number of rotatable bonds is 9. The van der Waals surface area contributed by atoms with Crippen LogP contribution in [0, 0.1) is 0 Å². The van der Waals surface area contributed by atoms with E-state index in [4.69, 9.17) is 18.9 Å². The Labute approximate surface area is 174 Å². The van der Waals surface area contributed by atoms with Crippen LogP contribution in [0.1, 0.15) is 24.8 Å². The minimum atomic E-state index is -0.0407. The summed E-state index contributed by atoms with van der Waals surface area (Å²) in [6, 6.07) is 11.0. The number of aryl methyl sites for hydroxylation is 1. The Morgan fingerprint density at radius 2 is 1.80 bits per heavy atom. The van der Waals surface area contributed by atoms with Crippen molar-refractivity contribution in [3.8, 4) is 23.0 Å². The molecule has 8 heteroatoms. The highest BCUT2D eigenvalue weighted by Gasteiger charge is 2.15. The molecule has 0 radical (unpaired) electrons. The summed E-state index contributed by atoms with van der Waals surface area (Å²) < 4.78 is 21.9. The summed E-state index contributed by atoms with van der Waals surface area (Å²) in [6.07, 6.45) is 2.21. The highest BCUT2D eigenvalue weighted by molar-refractivity contribution is 5.94. The monoisotopic (exact) mass is 412 g/mol. The van der Waals surface area contributed by atoms with Gasteiger partial charge in [0.05, 0.1) is 13.2 Å². The predicted octanol–water partition coefficient (Wildman–Crippen LogP) is 2.65. The van der Waals surface area contributed by atoms with Crippen LogP contribution in [0.2, 0.25) is 0 Å². The Bertz CT molecular complexity index is 930. The van der Waals surface area contributed by atoms with Crippen LogP contribution in [0.15, 0.2) is 36.4 Å². The lowest BCUT2D eigenvalue weighted by Crippen LogP contribution is -2.28. The van der Waals surface area contributed by atoms with Crippen molar-refractivity contribution in [3.63, 3.8) is 0 Å². The van der Waals surface area contributed by atoms with Crippen LogP contribution in [-0.2, 0) is 16.0 Å². The first-order valence-corrected chi connectivity index (χ1v) is 10.0. The Balaban J connectivity index is 1.09. The van der Waals surface area contributed by atoms with Crippen LogP contribution < -0.4 is 29.6 Å².